The van der Waals surface area contributed by atoms with Crippen LogP contribution >= 0.6 is 0 Å². The van der Waals surface area contributed by atoms with E-state index in [1.165, 1.54) is 5.56 Å². The van der Waals surface area contributed by atoms with E-state index < -0.39 is 10.9 Å². The van der Waals surface area contributed by atoms with E-state index in [4.69, 9.17) is 5.73 Å². The molecule has 3 aromatic carbocycles. The maximum absolute atomic E-state index is 11.9. The number of aldehydes is 1. The maximum atomic E-state index is 11.9. The van der Waals surface area contributed by atoms with E-state index in [-0.39, 0.29) is 5.69 Å². The van der Waals surface area contributed by atoms with Crippen LogP contribution in [0, 0.1) is 0 Å². The minimum Gasteiger partial charge on any atom is -0.394 e. The van der Waals surface area contributed by atoms with Gasteiger partial charge in [-0.2, -0.15) is 0 Å². The van der Waals surface area contributed by atoms with Crippen molar-refractivity contribution in [2.24, 2.45) is 4.99 Å². The Morgan fingerprint density at radius 3 is 2.56 bits per heavy atom. The van der Waals surface area contributed by atoms with Gasteiger partial charge in [-0.05, 0) is 35.6 Å². The molecule has 0 radical (unpaired) electrons. The van der Waals surface area contributed by atoms with Crippen molar-refractivity contribution in [2.45, 2.75) is 26.4 Å². The summed E-state index contributed by atoms with van der Waals surface area (Å²) < 4.78 is 0. The highest BCUT2D eigenvalue weighted by atomic mass is 16.2. The fourth-order valence-electron chi connectivity index (χ4n) is 4.42. The molecular formula is C28H29N5O3. The zero-order chi connectivity index (χ0) is 25.8. The number of nitrogens with two attached hydrogens (primary N) is 1. The molecule has 0 amide bonds. The molecule has 0 saturated carbocycles. The quantitative estimate of drug-likeness (QED) is 0.148. The fourth-order valence-corrected chi connectivity index (χ4v) is 4.42. The van der Waals surface area contributed by atoms with Crippen molar-refractivity contribution >= 4 is 29.1 Å². The second-order valence-corrected chi connectivity index (χ2v) is 8.75. The summed E-state index contributed by atoms with van der Waals surface area (Å²) in [6.45, 7) is 7.62. The molecule has 0 bridgehead atoms. The largest absolute Gasteiger partial charge is 0.394 e. The molecule has 1 aliphatic rings. The molecule has 0 spiro atoms. The Morgan fingerprint density at radius 1 is 1.14 bits per heavy atom. The van der Waals surface area contributed by atoms with Crippen LogP contribution in [0.3, 0.4) is 0 Å². The van der Waals surface area contributed by atoms with Crippen molar-refractivity contribution < 1.29 is 4.79 Å². The van der Waals surface area contributed by atoms with Crippen LogP contribution in [-0.2, 0) is 24.3 Å². The zero-order valence-corrected chi connectivity index (χ0v) is 20.4. The lowest BCUT2D eigenvalue weighted by molar-refractivity contribution is -0.103. The first-order valence-corrected chi connectivity index (χ1v) is 11.7. The predicted octanol–water partition coefficient (Wildman–Crippen LogP) is 2.28. The molecular weight excluding hydrogens is 454 g/mol. The number of allylic oxidation sites excluding steroid dienone is 2. The van der Waals surface area contributed by atoms with Gasteiger partial charge in [0, 0.05) is 38.0 Å². The number of benzene rings is 2. The number of hydrogen-bond acceptors (Lipinski definition) is 7. The van der Waals surface area contributed by atoms with Gasteiger partial charge in [-0.15, -0.1) is 0 Å². The van der Waals surface area contributed by atoms with Crippen LogP contribution in [0.2, 0.25) is 0 Å². The smallest absolute Gasteiger partial charge is 0.253 e. The van der Waals surface area contributed by atoms with Crippen LogP contribution in [-0.4, -0.2) is 25.7 Å². The van der Waals surface area contributed by atoms with Gasteiger partial charge in [0.1, 0.15) is 17.2 Å². The summed E-state index contributed by atoms with van der Waals surface area (Å²) >= 11 is 0. The molecule has 1 heterocycles. The van der Waals surface area contributed by atoms with Gasteiger partial charge in [-0.25, -0.2) is 0 Å². The number of hydrogen-bond donors (Lipinski definition) is 3. The molecule has 184 valence electrons. The Bertz CT molecular complexity index is 1450. The third-order valence-electron chi connectivity index (χ3n) is 6.45. The van der Waals surface area contributed by atoms with E-state index in [2.05, 4.69) is 40.4 Å². The van der Waals surface area contributed by atoms with Crippen molar-refractivity contribution in [3.8, 4) is 0 Å². The van der Waals surface area contributed by atoms with Gasteiger partial charge < -0.3 is 21.3 Å². The second kappa shape index (κ2) is 10.4. The molecule has 3 aromatic rings. The van der Waals surface area contributed by atoms with Gasteiger partial charge in [0.2, 0.25) is 0 Å². The van der Waals surface area contributed by atoms with Crippen molar-refractivity contribution in [3.05, 3.63) is 109 Å². The number of carbonyl (C=O) groups excluding carboxylic acids is 1. The van der Waals surface area contributed by atoms with Gasteiger partial charge in [0.15, 0.2) is 6.29 Å². The van der Waals surface area contributed by atoms with Crippen molar-refractivity contribution in [1.82, 2.24) is 10.6 Å². The number of aliphatic imine (C=N–C) groups is 1. The van der Waals surface area contributed by atoms with Gasteiger partial charge in [0.25, 0.3) is 10.9 Å². The first-order valence-electron chi connectivity index (χ1n) is 11.7. The molecule has 8 nitrogen and oxygen atoms in total. The summed E-state index contributed by atoms with van der Waals surface area (Å²) in [6, 6.07) is 15.7. The van der Waals surface area contributed by atoms with Crippen LogP contribution < -0.4 is 32.1 Å². The van der Waals surface area contributed by atoms with Gasteiger partial charge in [0.05, 0.1) is 5.70 Å². The summed E-state index contributed by atoms with van der Waals surface area (Å²) in [5.41, 5.74) is 11.0. The summed E-state index contributed by atoms with van der Waals surface area (Å²) in [7, 11) is 1.66. The lowest BCUT2D eigenvalue weighted by atomic mass is 9.96. The number of fused-ring (bicyclic) bond motifs is 1. The van der Waals surface area contributed by atoms with Crippen LogP contribution in [0.4, 0.5) is 11.4 Å². The van der Waals surface area contributed by atoms with Crippen LogP contribution in [0.15, 0.2) is 81.1 Å². The zero-order valence-electron chi connectivity index (χ0n) is 20.4. The molecule has 0 fully saturated rings. The fraction of sp³-hybridized carbons (Fsp3) is 0.214. The van der Waals surface area contributed by atoms with Crippen LogP contribution in [0.1, 0.15) is 29.2 Å². The highest BCUT2D eigenvalue weighted by Gasteiger charge is 2.26. The minimum absolute atomic E-state index is 0.0609. The van der Waals surface area contributed by atoms with Gasteiger partial charge >= 0.3 is 0 Å². The Kier molecular flexibility index (Phi) is 7.15. The Hall–Kier alpha value is -4.46. The highest BCUT2D eigenvalue weighted by Crippen LogP contribution is 2.26. The predicted molar refractivity (Wildman–Crippen MR) is 145 cm³/mol. The molecule has 1 aliphatic heterocycles. The van der Waals surface area contributed by atoms with Crippen LogP contribution in [0.5, 0.6) is 0 Å². The molecule has 4 rings (SSSR count). The third kappa shape index (κ3) is 4.84. The number of nitrogens with one attached hydrogen (secondary N) is 2. The number of nitrogen functional groups attached to an aromatic ring is 1. The molecule has 0 saturated heterocycles. The van der Waals surface area contributed by atoms with E-state index in [9.17, 15) is 14.4 Å². The summed E-state index contributed by atoms with van der Waals surface area (Å²) in [5.74, 6) is 0.530. The molecule has 8 heteroatoms. The normalized spacial score (nSPS) is 14.2. The van der Waals surface area contributed by atoms with Crippen molar-refractivity contribution in [2.75, 3.05) is 24.2 Å². The molecule has 0 unspecified atom stereocenters. The van der Waals surface area contributed by atoms with E-state index in [0.717, 1.165) is 29.4 Å². The molecule has 0 atom stereocenters. The SMILES string of the molecule is C=C(NCc1ccc2c(c1)CN(c1c(N)c(=O)c1=O)CC2)C(=NC)N/C(C)=C(\C=O)c1ccccc1. The van der Waals surface area contributed by atoms with Crippen molar-refractivity contribution in [3.63, 3.8) is 0 Å². The minimum atomic E-state index is -0.594. The summed E-state index contributed by atoms with van der Waals surface area (Å²) in [4.78, 5) is 41.4. The summed E-state index contributed by atoms with van der Waals surface area (Å²) in [5, 5.41) is 6.49. The van der Waals surface area contributed by atoms with Gasteiger partial charge in [-0.3, -0.25) is 19.4 Å². The number of carbonyl (C=O) groups is 1. The lowest BCUT2D eigenvalue weighted by Gasteiger charge is -2.32. The van der Waals surface area contributed by atoms with E-state index >= 15 is 0 Å². The van der Waals surface area contributed by atoms with Gasteiger partial charge in [-0.1, -0.05) is 55.1 Å². The highest BCUT2D eigenvalue weighted by molar-refractivity contribution is 6.09. The maximum Gasteiger partial charge on any atom is 0.253 e. The summed E-state index contributed by atoms with van der Waals surface area (Å²) in [6.07, 6.45) is 1.60. The van der Waals surface area contributed by atoms with E-state index in [0.29, 0.717) is 48.1 Å². The first kappa shape index (κ1) is 24.7. The molecule has 0 aromatic heterocycles. The number of rotatable bonds is 8. The Labute approximate surface area is 209 Å². The monoisotopic (exact) mass is 483 g/mol. The Balaban J connectivity index is 1.42. The topological polar surface area (TPSA) is 117 Å². The van der Waals surface area contributed by atoms with Crippen LogP contribution in [0.25, 0.3) is 5.57 Å². The number of nitrogens with zero attached hydrogens (tertiary/aromatic N) is 2. The lowest BCUT2D eigenvalue weighted by Crippen LogP contribution is -2.44. The number of amidine groups is 1. The third-order valence-corrected chi connectivity index (χ3v) is 6.45. The second-order valence-electron chi connectivity index (χ2n) is 8.75. The standard InChI is InChI=1S/C28H29N5O3/c1-17(23(16-34)21-7-5-4-6-8-21)32-28(30-3)18(2)31-14-19-9-10-20-11-12-33(15-22(20)13-19)25-24(29)26(35)27(25)36/h4-10,13,16,31H,2,11-12,14-15,29H2,1,3H3,(H,30,32)/b23-17+. The first-order chi connectivity index (χ1) is 17.3. The molecule has 4 N–H and O–H groups in total. The van der Waals surface area contributed by atoms with E-state index in [1.807, 2.05) is 42.2 Å². The van der Waals surface area contributed by atoms with Crippen molar-refractivity contribution in [1.29, 1.82) is 0 Å². The molecule has 0 aliphatic carbocycles. The molecule has 36 heavy (non-hydrogen) atoms. The van der Waals surface area contributed by atoms with E-state index in [1.54, 1.807) is 7.05 Å². The average Bonchev–Trinajstić information content (AvgIpc) is 2.91. The number of anilines is 2. The Morgan fingerprint density at radius 2 is 1.89 bits per heavy atom. The average molecular weight is 484 g/mol.